The highest BCUT2D eigenvalue weighted by Crippen LogP contribution is 2.25. The Labute approximate surface area is 193 Å². The number of fused-ring (bicyclic) bond motifs is 1. The molecule has 0 saturated carbocycles. The smallest absolute Gasteiger partial charge is 0.251 e. The molecule has 1 unspecified atom stereocenters. The third kappa shape index (κ3) is 4.93. The first-order valence-corrected chi connectivity index (χ1v) is 11.8. The number of imidazole rings is 1. The molecule has 4 aromatic rings. The molecule has 0 bridgehead atoms. The number of carbonyl (C=O) groups is 1. The number of nitrogens with one attached hydrogen (secondary N) is 2. The Hall–Kier alpha value is -3.59. The van der Waals surface area contributed by atoms with Gasteiger partial charge in [-0.15, -0.1) is 0 Å². The van der Waals surface area contributed by atoms with Gasteiger partial charge in [-0.3, -0.25) is 9.00 Å². The number of rotatable bonds is 6. The van der Waals surface area contributed by atoms with Crippen LogP contribution in [-0.2, 0) is 17.3 Å². The van der Waals surface area contributed by atoms with Crippen molar-refractivity contribution in [3.63, 3.8) is 0 Å². The molecule has 1 amide bonds. The molecule has 2 aromatic carbocycles. The van der Waals surface area contributed by atoms with Gasteiger partial charge in [0.15, 0.2) is 5.65 Å². The number of amides is 1. The van der Waals surface area contributed by atoms with Crippen LogP contribution in [-0.4, -0.2) is 45.4 Å². The average molecular weight is 466 g/mol. The minimum absolute atomic E-state index is 0.174. The Bertz CT molecular complexity index is 1380. The first-order chi connectivity index (χ1) is 15.7. The summed E-state index contributed by atoms with van der Waals surface area (Å²) in [5, 5.41) is 2.82. The molecule has 170 valence electrons. The zero-order valence-electron chi connectivity index (χ0n) is 18.8. The molecule has 0 fully saturated rings. The van der Waals surface area contributed by atoms with Gasteiger partial charge in [-0.05, 0) is 55.0 Å². The molecule has 0 radical (unpaired) electrons. The summed E-state index contributed by atoms with van der Waals surface area (Å²) in [5.41, 5.74) is 4.50. The van der Waals surface area contributed by atoms with Crippen LogP contribution in [0.4, 0.5) is 10.1 Å². The zero-order chi connectivity index (χ0) is 23.7. The minimum atomic E-state index is -1.17. The SMILES string of the molecule is Cc1ccc(C(=O)NCc2nc3nc(-c4cc(F)cc(N(C)C)c4)ccc3[nH]2)cc1S(C)=O. The van der Waals surface area contributed by atoms with Crippen molar-refractivity contribution < 1.29 is 13.4 Å². The van der Waals surface area contributed by atoms with Crippen LogP contribution in [0, 0.1) is 12.7 Å². The van der Waals surface area contributed by atoms with Crippen LogP contribution in [0.15, 0.2) is 53.4 Å². The maximum atomic E-state index is 14.1. The summed E-state index contributed by atoms with van der Waals surface area (Å²) in [6.07, 6.45) is 1.59. The second-order valence-corrected chi connectivity index (χ2v) is 9.31. The lowest BCUT2D eigenvalue weighted by molar-refractivity contribution is 0.0949. The van der Waals surface area contributed by atoms with E-state index in [1.165, 1.54) is 12.1 Å². The number of halogens is 1. The first kappa shape index (κ1) is 22.6. The minimum Gasteiger partial charge on any atom is -0.378 e. The number of carbonyl (C=O) groups excluding carboxylic acids is 1. The third-order valence-electron chi connectivity index (χ3n) is 5.27. The van der Waals surface area contributed by atoms with E-state index in [0.717, 1.165) is 11.3 Å². The van der Waals surface area contributed by atoms with E-state index in [1.807, 2.05) is 38.1 Å². The van der Waals surface area contributed by atoms with Gasteiger partial charge in [0.2, 0.25) is 0 Å². The van der Waals surface area contributed by atoms with Gasteiger partial charge in [0.05, 0.1) is 28.6 Å². The normalized spacial score (nSPS) is 12.0. The molecule has 9 heteroatoms. The summed E-state index contributed by atoms with van der Waals surface area (Å²) < 4.78 is 25.9. The summed E-state index contributed by atoms with van der Waals surface area (Å²) in [7, 11) is 2.52. The Morgan fingerprint density at radius 3 is 2.64 bits per heavy atom. The number of nitrogens with zero attached hydrogens (tertiary/aromatic N) is 3. The number of aromatic amines is 1. The predicted molar refractivity (Wildman–Crippen MR) is 128 cm³/mol. The summed E-state index contributed by atoms with van der Waals surface area (Å²) >= 11 is 0. The molecule has 2 heterocycles. The van der Waals surface area contributed by atoms with Crippen molar-refractivity contribution >= 4 is 33.6 Å². The molecular formula is C24H24FN5O2S. The van der Waals surface area contributed by atoms with Crippen molar-refractivity contribution in [3.8, 4) is 11.3 Å². The van der Waals surface area contributed by atoms with E-state index < -0.39 is 10.8 Å². The molecule has 2 aromatic heterocycles. The molecule has 33 heavy (non-hydrogen) atoms. The average Bonchev–Trinajstić information content (AvgIpc) is 3.19. The Kier molecular flexibility index (Phi) is 6.24. The summed E-state index contributed by atoms with van der Waals surface area (Å²) in [5.74, 6) is -0.0795. The topological polar surface area (TPSA) is 91.0 Å². The first-order valence-electron chi connectivity index (χ1n) is 10.3. The molecule has 4 rings (SSSR count). The maximum absolute atomic E-state index is 14.1. The van der Waals surface area contributed by atoms with Crippen LogP contribution in [0.2, 0.25) is 0 Å². The van der Waals surface area contributed by atoms with E-state index in [2.05, 4.69) is 20.3 Å². The van der Waals surface area contributed by atoms with Gasteiger partial charge in [0.1, 0.15) is 11.6 Å². The lowest BCUT2D eigenvalue weighted by Gasteiger charge is -2.13. The molecule has 7 nitrogen and oxygen atoms in total. The standard InChI is InChI=1S/C24H24FN5O2S/c1-14-5-6-15(11-21(14)33(4)32)24(31)26-13-22-27-20-8-7-19(28-23(20)29-22)16-9-17(25)12-18(10-16)30(2)3/h5-12H,13H2,1-4H3,(H,26,31)(H,27,28,29). The van der Waals surface area contributed by atoms with Gasteiger partial charge in [-0.2, -0.15) is 0 Å². The van der Waals surface area contributed by atoms with Crippen LogP contribution in [0.1, 0.15) is 21.7 Å². The molecular weight excluding hydrogens is 441 g/mol. The molecule has 2 N–H and O–H groups in total. The Balaban J connectivity index is 1.53. The summed E-state index contributed by atoms with van der Waals surface area (Å²) in [6.45, 7) is 2.03. The van der Waals surface area contributed by atoms with Crippen molar-refractivity contribution in [3.05, 3.63) is 71.3 Å². The zero-order valence-corrected chi connectivity index (χ0v) is 19.6. The number of anilines is 1. The highest BCUT2D eigenvalue weighted by atomic mass is 32.2. The van der Waals surface area contributed by atoms with Crippen molar-refractivity contribution in [1.82, 2.24) is 20.3 Å². The van der Waals surface area contributed by atoms with E-state index in [0.29, 0.717) is 38.7 Å². The van der Waals surface area contributed by atoms with E-state index in [9.17, 15) is 13.4 Å². The summed E-state index contributed by atoms with van der Waals surface area (Å²) in [4.78, 5) is 27.2. The molecule has 0 spiro atoms. The van der Waals surface area contributed by atoms with Gasteiger partial charge >= 0.3 is 0 Å². The highest BCUT2D eigenvalue weighted by Gasteiger charge is 2.13. The van der Waals surface area contributed by atoms with E-state index in [4.69, 9.17) is 0 Å². The van der Waals surface area contributed by atoms with Crippen LogP contribution in [0.25, 0.3) is 22.4 Å². The van der Waals surface area contributed by atoms with Crippen molar-refractivity contribution in [2.24, 2.45) is 0 Å². The highest BCUT2D eigenvalue weighted by molar-refractivity contribution is 7.84. The number of hydrogen-bond donors (Lipinski definition) is 2. The van der Waals surface area contributed by atoms with Crippen LogP contribution in [0.5, 0.6) is 0 Å². The fraction of sp³-hybridized carbons (Fsp3) is 0.208. The lowest BCUT2D eigenvalue weighted by atomic mass is 10.1. The monoisotopic (exact) mass is 465 g/mol. The number of hydrogen-bond acceptors (Lipinski definition) is 5. The van der Waals surface area contributed by atoms with Crippen molar-refractivity contribution in [2.45, 2.75) is 18.4 Å². The molecule has 1 atom stereocenters. The third-order valence-corrected chi connectivity index (χ3v) is 6.33. The van der Waals surface area contributed by atoms with Crippen molar-refractivity contribution in [2.75, 3.05) is 25.3 Å². The number of H-pyrrole nitrogens is 1. The number of benzene rings is 2. The Morgan fingerprint density at radius 2 is 1.91 bits per heavy atom. The van der Waals surface area contributed by atoms with Gasteiger partial charge in [0.25, 0.3) is 5.91 Å². The molecule has 0 saturated heterocycles. The van der Waals surface area contributed by atoms with E-state index in [-0.39, 0.29) is 18.3 Å². The van der Waals surface area contributed by atoms with Gasteiger partial charge in [-0.25, -0.2) is 14.4 Å². The van der Waals surface area contributed by atoms with E-state index in [1.54, 1.807) is 30.5 Å². The predicted octanol–water partition coefficient (Wildman–Crippen LogP) is 3.81. The van der Waals surface area contributed by atoms with Crippen LogP contribution >= 0.6 is 0 Å². The number of aryl methyl sites for hydroxylation is 1. The van der Waals surface area contributed by atoms with Gasteiger partial charge in [0, 0.05) is 42.1 Å². The van der Waals surface area contributed by atoms with Crippen molar-refractivity contribution in [1.29, 1.82) is 0 Å². The fourth-order valence-electron chi connectivity index (χ4n) is 3.48. The largest absolute Gasteiger partial charge is 0.378 e. The molecule has 0 aliphatic carbocycles. The molecule has 0 aliphatic heterocycles. The number of aromatic nitrogens is 3. The molecule has 0 aliphatic rings. The van der Waals surface area contributed by atoms with Gasteiger partial charge in [-0.1, -0.05) is 6.07 Å². The maximum Gasteiger partial charge on any atom is 0.251 e. The quantitative estimate of drug-likeness (QED) is 0.452. The lowest BCUT2D eigenvalue weighted by Crippen LogP contribution is -2.23. The van der Waals surface area contributed by atoms with Gasteiger partial charge < -0.3 is 15.2 Å². The van der Waals surface area contributed by atoms with Crippen LogP contribution < -0.4 is 10.2 Å². The second-order valence-electron chi connectivity index (χ2n) is 7.96. The number of pyridine rings is 1. The van der Waals surface area contributed by atoms with Crippen LogP contribution in [0.3, 0.4) is 0 Å². The summed E-state index contributed by atoms with van der Waals surface area (Å²) in [6, 6.07) is 13.5. The fourth-order valence-corrected chi connectivity index (χ4v) is 4.30. The second kappa shape index (κ2) is 9.11. The van der Waals surface area contributed by atoms with E-state index >= 15 is 0 Å². The Morgan fingerprint density at radius 1 is 1.12 bits per heavy atom.